The van der Waals surface area contributed by atoms with Crippen molar-refractivity contribution >= 4 is 5.97 Å². The van der Waals surface area contributed by atoms with Gasteiger partial charge in [-0.15, -0.1) is 0 Å². The van der Waals surface area contributed by atoms with Gasteiger partial charge in [0, 0.05) is 23.9 Å². The number of carboxylic acids is 1. The Morgan fingerprint density at radius 3 is 2.16 bits per heavy atom. The van der Waals surface area contributed by atoms with E-state index in [4.69, 9.17) is 15.6 Å². The maximum absolute atomic E-state index is 12.8. The van der Waals surface area contributed by atoms with Crippen molar-refractivity contribution in [3.05, 3.63) is 76.3 Å². The summed E-state index contributed by atoms with van der Waals surface area (Å²) in [6.45, 7) is 0.807. The van der Waals surface area contributed by atoms with Crippen molar-refractivity contribution in [1.82, 2.24) is 19.3 Å². The van der Waals surface area contributed by atoms with E-state index in [0.29, 0.717) is 22.4 Å². The van der Waals surface area contributed by atoms with Gasteiger partial charge < -0.3 is 10.8 Å². The van der Waals surface area contributed by atoms with Crippen molar-refractivity contribution in [3.8, 4) is 16.8 Å². The van der Waals surface area contributed by atoms with Crippen LogP contribution in [-0.2, 0) is 17.5 Å². The second-order valence-corrected chi connectivity index (χ2v) is 7.19. The van der Waals surface area contributed by atoms with Gasteiger partial charge in [-0.05, 0) is 30.2 Å². The van der Waals surface area contributed by atoms with Crippen molar-refractivity contribution in [2.45, 2.75) is 25.8 Å². The van der Waals surface area contributed by atoms with E-state index in [1.54, 1.807) is 25.1 Å². The summed E-state index contributed by atoms with van der Waals surface area (Å²) in [5, 5.41) is 11.0. The zero-order valence-corrected chi connectivity index (χ0v) is 18.6. The first-order chi connectivity index (χ1) is 17.1. The molecule has 3 N–H and O–H groups in total. The summed E-state index contributed by atoms with van der Waals surface area (Å²) < 4.78 is 97.6. The number of halogens is 8. The first-order valence-electron chi connectivity index (χ1n) is 9.89. The molecule has 0 atom stereocenters. The third-order valence-corrected chi connectivity index (χ3v) is 4.76. The number of carboxylic acid groups (broad SMARTS) is 1. The Morgan fingerprint density at radius 2 is 1.70 bits per heavy atom. The summed E-state index contributed by atoms with van der Waals surface area (Å²) in [4.78, 5) is 25.0. The summed E-state index contributed by atoms with van der Waals surface area (Å²) in [5.41, 5.74) is 5.15. The quantitative estimate of drug-likeness (QED) is 0.471. The van der Waals surface area contributed by atoms with Crippen LogP contribution < -0.4 is 11.4 Å². The highest BCUT2D eigenvalue weighted by Gasteiger charge is 2.38. The van der Waals surface area contributed by atoms with Gasteiger partial charge in [-0.25, -0.2) is 18.8 Å². The van der Waals surface area contributed by atoms with E-state index in [9.17, 15) is 39.9 Å². The molecule has 2 aromatic heterocycles. The van der Waals surface area contributed by atoms with E-state index < -0.39 is 54.4 Å². The second-order valence-electron chi connectivity index (χ2n) is 7.19. The number of aromatic nitrogens is 4. The zero-order valence-electron chi connectivity index (χ0n) is 18.6. The lowest BCUT2D eigenvalue weighted by molar-refractivity contribution is -0.192. The largest absolute Gasteiger partial charge is 0.490 e. The molecule has 200 valence electrons. The van der Waals surface area contributed by atoms with Gasteiger partial charge in [0.2, 0.25) is 0 Å². The standard InChI is InChI=1S/C19H16F5N5O.C2HF3O2/c1-11-14(12-5-6-16(26-8-12)19(22,23)24)3-2-4-15(11)28-10-27-29(18(28)30)9-13(7-25)17(20)21;3-2(4,5)1(6)7/h2-6,8,10H,7,9,25H2,1H3;(H,6,7). The van der Waals surface area contributed by atoms with Crippen LogP contribution in [0.1, 0.15) is 11.3 Å². The third kappa shape index (κ3) is 7.22. The SMILES string of the molecule is Cc1c(-c2ccc(C(F)(F)F)nc2)cccc1-n1cnn(CC(CN)=C(F)F)c1=O.O=C(O)C(F)(F)F. The summed E-state index contributed by atoms with van der Waals surface area (Å²) in [6.07, 6.45) is -9.31. The number of rotatable bonds is 5. The number of nitrogens with zero attached hydrogens (tertiary/aromatic N) is 4. The molecule has 16 heteroatoms. The Labute approximate surface area is 202 Å². The van der Waals surface area contributed by atoms with Gasteiger partial charge in [0.05, 0.1) is 12.2 Å². The number of alkyl halides is 6. The van der Waals surface area contributed by atoms with Crippen LogP contribution in [0.3, 0.4) is 0 Å². The number of hydrogen-bond acceptors (Lipinski definition) is 5. The van der Waals surface area contributed by atoms with Crippen LogP contribution in [0, 0.1) is 6.92 Å². The average Bonchev–Trinajstić information content (AvgIpc) is 3.16. The molecule has 0 radical (unpaired) electrons. The first kappa shape index (κ1) is 29.2. The van der Waals surface area contributed by atoms with Gasteiger partial charge in [-0.1, -0.05) is 18.2 Å². The molecule has 0 saturated heterocycles. The minimum atomic E-state index is -5.08. The molecule has 3 rings (SSSR count). The molecule has 37 heavy (non-hydrogen) atoms. The monoisotopic (exact) mass is 539 g/mol. The number of nitrogens with two attached hydrogens (primary N) is 1. The summed E-state index contributed by atoms with van der Waals surface area (Å²) in [5.74, 6) is -2.76. The molecule has 0 unspecified atom stereocenters. The van der Waals surface area contributed by atoms with E-state index in [1.807, 2.05) is 0 Å². The van der Waals surface area contributed by atoms with E-state index in [1.165, 1.54) is 17.0 Å². The second kappa shape index (κ2) is 11.3. The molecule has 0 aliphatic rings. The fourth-order valence-electron chi connectivity index (χ4n) is 2.91. The van der Waals surface area contributed by atoms with E-state index in [-0.39, 0.29) is 0 Å². The minimum Gasteiger partial charge on any atom is -0.475 e. The average molecular weight is 539 g/mol. The highest BCUT2D eigenvalue weighted by atomic mass is 19.4. The number of benzene rings is 1. The van der Waals surface area contributed by atoms with Crippen molar-refractivity contribution in [2.75, 3.05) is 6.54 Å². The molecule has 0 spiro atoms. The van der Waals surface area contributed by atoms with Crippen LogP contribution in [0.4, 0.5) is 35.1 Å². The van der Waals surface area contributed by atoms with Crippen LogP contribution in [0.5, 0.6) is 0 Å². The van der Waals surface area contributed by atoms with Crippen LogP contribution in [0.2, 0.25) is 0 Å². The lowest BCUT2D eigenvalue weighted by Crippen LogP contribution is -2.26. The summed E-state index contributed by atoms with van der Waals surface area (Å²) in [7, 11) is 0. The van der Waals surface area contributed by atoms with Crippen molar-refractivity contribution in [2.24, 2.45) is 5.73 Å². The number of carbonyl (C=O) groups is 1. The number of hydrogen-bond donors (Lipinski definition) is 2. The maximum Gasteiger partial charge on any atom is 0.490 e. The Balaban J connectivity index is 0.000000604. The Bertz CT molecular complexity index is 1340. The highest BCUT2D eigenvalue weighted by Crippen LogP contribution is 2.31. The van der Waals surface area contributed by atoms with Crippen LogP contribution in [0.15, 0.2) is 59.3 Å². The smallest absolute Gasteiger partial charge is 0.475 e. The molecular weight excluding hydrogens is 522 g/mol. The van der Waals surface area contributed by atoms with E-state index in [2.05, 4.69) is 10.1 Å². The molecule has 3 aromatic rings. The lowest BCUT2D eigenvalue weighted by Gasteiger charge is -2.12. The highest BCUT2D eigenvalue weighted by molar-refractivity contribution is 5.73. The topological polar surface area (TPSA) is 116 Å². The Kier molecular flexibility index (Phi) is 8.92. The molecular formula is C21H17F8N5O3. The summed E-state index contributed by atoms with van der Waals surface area (Å²) >= 11 is 0. The molecule has 0 aliphatic carbocycles. The number of aliphatic carboxylic acids is 1. The molecule has 0 fully saturated rings. The fourth-order valence-corrected chi connectivity index (χ4v) is 2.91. The zero-order chi connectivity index (χ0) is 28.1. The molecule has 0 bridgehead atoms. The van der Waals surface area contributed by atoms with Crippen molar-refractivity contribution < 1.29 is 45.0 Å². The van der Waals surface area contributed by atoms with Gasteiger partial charge in [0.1, 0.15) is 12.0 Å². The van der Waals surface area contributed by atoms with Gasteiger partial charge in [0.15, 0.2) is 0 Å². The maximum atomic E-state index is 12.8. The van der Waals surface area contributed by atoms with E-state index in [0.717, 1.165) is 16.9 Å². The predicted octanol–water partition coefficient (Wildman–Crippen LogP) is 4.17. The van der Waals surface area contributed by atoms with Gasteiger partial charge in [0.25, 0.3) is 6.08 Å². The van der Waals surface area contributed by atoms with Gasteiger partial charge in [-0.2, -0.15) is 40.2 Å². The Hall–Kier alpha value is -4.08. The number of pyridine rings is 1. The van der Waals surface area contributed by atoms with Gasteiger partial charge in [-0.3, -0.25) is 4.98 Å². The van der Waals surface area contributed by atoms with Crippen molar-refractivity contribution in [3.63, 3.8) is 0 Å². The first-order valence-corrected chi connectivity index (χ1v) is 9.89. The molecule has 0 aliphatic heterocycles. The summed E-state index contributed by atoms with van der Waals surface area (Å²) in [6, 6.07) is 7.06. The van der Waals surface area contributed by atoms with Crippen molar-refractivity contribution in [1.29, 1.82) is 0 Å². The Morgan fingerprint density at radius 1 is 1.08 bits per heavy atom. The minimum absolute atomic E-state index is 0.405. The van der Waals surface area contributed by atoms with Crippen LogP contribution in [-0.4, -0.2) is 43.1 Å². The molecule has 8 nitrogen and oxygen atoms in total. The lowest BCUT2D eigenvalue weighted by atomic mass is 10.0. The normalized spacial score (nSPS) is 11.5. The fraction of sp³-hybridized carbons (Fsp3) is 0.238. The molecule has 1 aromatic carbocycles. The van der Waals surface area contributed by atoms with Gasteiger partial charge >= 0.3 is 24.0 Å². The van der Waals surface area contributed by atoms with Crippen LogP contribution in [0.25, 0.3) is 16.8 Å². The molecule has 0 amide bonds. The molecule has 2 heterocycles. The molecule has 0 saturated carbocycles. The van der Waals surface area contributed by atoms with E-state index >= 15 is 0 Å². The van der Waals surface area contributed by atoms with Crippen LogP contribution >= 0.6 is 0 Å². The third-order valence-electron chi connectivity index (χ3n) is 4.76. The predicted molar refractivity (Wildman–Crippen MR) is 113 cm³/mol.